The van der Waals surface area contributed by atoms with Crippen LogP contribution in [-0.2, 0) is 10.8 Å². The second kappa shape index (κ2) is 3.69. The third-order valence-electron chi connectivity index (χ3n) is 2.90. The molecule has 90 valence electrons. The Balaban J connectivity index is 3.41. The molecule has 0 aromatic heterocycles. The minimum atomic E-state index is 0.0363. The number of nitrogen functional groups attached to an aromatic ring is 2. The molecule has 0 fully saturated rings. The zero-order valence-electron chi connectivity index (χ0n) is 11.3. The Morgan fingerprint density at radius 3 is 1.12 bits per heavy atom. The third-order valence-corrected chi connectivity index (χ3v) is 2.90. The van der Waals surface area contributed by atoms with Crippen LogP contribution in [0.15, 0.2) is 12.1 Å². The Kier molecular flexibility index (Phi) is 2.97. The quantitative estimate of drug-likeness (QED) is 0.658. The Labute approximate surface area is 99.0 Å². The summed E-state index contributed by atoms with van der Waals surface area (Å²) in [5.41, 5.74) is 16.1. The van der Waals surface area contributed by atoms with Gasteiger partial charge in [-0.15, -0.1) is 0 Å². The van der Waals surface area contributed by atoms with Crippen molar-refractivity contribution < 1.29 is 0 Å². The lowest BCUT2D eigenvalue weighted by molar-refractivity contribution is 0.581. The fourth-order valence-electron chi connectivity index (χ4n) is 1.94. The first-order chi connectivity index (χ1) is 7.05. The van der Waals surface area contributed by atoms with E-state index in [-0.39, 0.29) is 10.8 Å². The van der Waals surface area contributed by atoms with Crippen molar-refractivity contribution in [3.8, 4) is 0 Å². The van der Waals surface area contributed by atoms with Gasteiger partial charge in [-0.3, -0.25) is 0 Å². The Bertz CT molecular complexity index is 353. The van der Waals surface area contributed by atoms with E-state index in [1.807, 2.05) is 0 Å². The summed E-state index contributed by atoms with van der Waals surface area (Å²) in [6, 6.07) is 4.21. The second-order valence-corrected chi connectivity index (χ2v) is 6.49. The molecule has 0 atom stereocenters. The maximum Gasteiger partial charge on any atom is 0.0588 e. The van der Waals surface area contributed by atoms with Crippen LogP contribution in [0.1, 0.15) is 52.7 Å². The first-order valence-corrected chi connectivity index (χ1v) is 5.74. The summed E-state index contributed by atoms with van der Waals surface area (Å²) in [6.07, 6.45) is 0. The fraction of sp³-hybridized carbons (Fsp3) is 0.571. The van der Waals surface area contributed by atoms with Gasteiger partial charge in [-0.05, 0) is 22.0 Å². The molecular weight excluding hydrogens is 196 g/mol. The molecule has 0 heterocycles. The van der Waals surface area contributed by atoms with Crippen LogP contribution in [0.25, 0.3) is 0 Å². The molecule has 0 aliphatic carbocycles. The lowest BCUT2D eigenvalue weighted by Crippen LogP contribution is -2.19. The van der Waals surface area contributed by atoms with Gasteiger partial charge in [0.15, 0.2) is 0 Å². The monoisotopic (exact) mass is 220 g/mol. The molecule has 16 heavy (non-hydrogen) atoms. The van der Waals surface area contributed by atoms with Crippen LogP contribution in [0.4, 0.5) is 11.4 Å². The molecule has 0 saturated carbocycles. The minimum Gasteiger partial charge on any atom is -0.397 e. The van der Waals surface area contributed by atoms with Crippen LogP contribution >= 0.6 is 0 Å². The highest BCUT2D eigenvalue weighted by molar-refractivity contribution is 5.73. The van der Waals surface area contributed by atoms with E-state index in [9.17, 15) is 0 Å². The first-order valence-electron chi connectivity index (χ1n) is 5.74. The molecule has 0 spiro atoms. The summed E-state index contributed by atoms with van der Waals surface area (Å²) in [5, 5.41) is 0. The molecule has 0 bridgehead atoms. The highest BCUT2D eigenvalue weighted by atomic mass is 14.7. The number of benzene rings is 1. The van der Waals surface area contributed by atoms with Crippen molar-refractivity contribution in [2.24, 2.45) is 0 Å². The van der Waals surface area contributed by atoms with Crippen LogP contribution in [0.2, 0.25) is 0 Å². The zero-order chi connectivity index (χ0) is 12.7. The standard InChI is InChI=1S/C14H24N2/c1-13(2,3)9-7-8-10(14(4,5)6)12(16)11(9)15/h7-8H,15-16H2,1-6H3. The topological polar surface area (TPSA) is 52.0 Å². The number of nitrogens with two attached hydrogens (primary N) is 2. The largest absolute Gasteiger partial charge is 0.397 e. The minimum absolute atomic E-state index is 0.0363. The van der Waals surface area contributed by atoms with Crippen LogP contribution in [0, 0.1) is 0 Å². The maximum absolute atomic E-state index is 6.14. The van der Waals surface area contributed by atoms with Gasteiger partial charge in [0.05, 0.1) is 11.4 Å². The molecule has 2 nitrogen and oxygen atoms in total. The smallest absolute Gasteiger partial charge is 0.0588 e. The van der Waals surface area contributed by atoms with Gasteiger partial charge in [0.2, 0.25) is 0 Å². The van der Waals surface area contributed by atoms with Crippen LogP contribution in [0.5, 0.6) is 0 Å². The van der Waals surface area contributed by atoms with Crippen LogP contribution in [0.3, 0.4) is 0 Å². The van der Waals surface area contributed by atoms with Crippen molar-refractivity contribution in [1.29, 1.82) is 0 Å². The SMILES string of the molecule is CC(C)(C)c1ccc(C(C)(C)C)c(N)c1N. The molecule has 1 aromatic carbocycles. The first kappa shape index (κ1) is 12.9. The molecule has 0 aliphatic rings. The Morgan fingerprint density at radius 1 is 0.688 bits per heavy atom. The van der Waals surface area contributed by atoms with Gasteiger partial charge < -0.3 is 11.5 Å². The van der Waals surface area contributed by atoms with Crippen molar-refractivity contribution in [3.05, 3.63) is 23.3 Å². The van der Waals surface area contributed by atoms with E-state index >= 15 is 0 Å². The summed E-state index contributed by atoms with van der Waals surface area (Å²) in [5.74, 6) is 0. The van der Waals surface area contributed by atoms with E-state index in [1.54, 1.807) is 0 Å². The van der Waals surface area contributed by atoms with E-state index in [1.165, 1.54) is 0 Å². The molecule has 4 N–H and O–H groups in total. The molecule has 2 heteroatoms. The van der Waals surface area contributed by atoms with E-state index < -0.39 is 0 Å². The van der Waals surface area contributed by atoms with Gasteiger partial charge in [0.25, 0.3) is 0 Å². The van der Waals surface area contributed by atoms with E-state index in [4.69, 9.17) is 11.5 Å². The Morgan fingerprint density at radius 2 is 0.938 bits per heavy atom. The van der Waals surface area contributed by atoms with E-state index in [2.05, 4.69) is 53.7 Å². The lowest BCUT2D eigenvalue weighted by Gasteiger charge is -2.27. The molecule has 0 aliphatic heterocycles. The maximum atomic E-state index is 6.14. The number of rotatable bonds is 0. The lowest BCUT2D eigenvalue weighted by atomic mass is 9.80. The van der Waals surface area contributed by atoms with Gasteiger partial charge >= 0.3 is 0 Å². The van der Waals surface area contributed by atoms with E-state index in [0.717, 1.165) is 22.5 Å². The normalized spacial score (nSPS) is 12.9. The molecule has 0 radical (unpaired) electrons. The highest BCUT2D eigenvalue weighted by Crippen LogP contribution is 2.37. The van der Waals surface area contributed by atoms with Gasteiger partial charge in [-0.2, -0.15) is 0 Å². The summed E-state index contributed by atoms with van der Waals surface area (Å²) in [6.45, 7) is 12.9. The molecular formula is C14H24N2. The highest BCUT2D eigenvalue weighted by Gasteiger charge is 2.23. The third kappa shape index (κ3) is 2.31. The zero-order valence-corrected chi connectivity index (χ0v) is 11.3. The van der Waals surface area contributed by atoms with Crippen molar-refractivity contribution >= 4 is 11.4 Å². The fourth-order valence-corrected chi connectivity index (χ4v) is 1.94. The summed E-state index contributed by atoms with van der Waals surface area (Å²) >= 11 is 0. The molecule has 1 rings (SSSR count). The van der Waals surface area contributed by atoms with Crippen molar-refractivity contribution in [3.63, 3.8) is 0 Å². The average molecular weight is 220 g/mol. The average Bonchev–Trinajstić information content (AvgIpc) is 2.05. The van der Waals surface area contributed by atoms with Gasteiger partial charge in [0.1, 0.15) is 0 Å². The van der Waals surface area contributed by atoms with Gasteiger partial charge in [0, 0.05) is 0 Å². The van der Waals surface area contributed by atoms with E-state index in [0.29, 0.717) is 0 Å². The summed E-state index contributed by atoms with van der Waals surface area (Å²) in [4.78, 5) is 0. The molecule has 0 unspecified atom stereocenters. The molecule has 1 aromatic rings. The van der Waals surface area contributed by atoms with Crippen molar-refractivity contribution in [2.45, 2.75) is 52.4 Å². The number of anilines is 2. The van der Waals surface area contributed by atoms with Crippen LogP contribution in [-0.4, -0.2) is 0 Å². The van der Waals surface area contributed by atoms with Gasteiger partial charge in [-0.1, -0.05) is 53.7 Å². The Hall–Kier alpha value is -1.18. The predicted molar refractivity (Wildman–Crippen MR) is 72.7 cm³/mol. The van der Waals surface area contributed by atoms with Crippen LogP contribution < -0.4 is 11.5 Å². The predicted octanol–water partition coefficient (Wildman–Crippen LogP) is 3.45. The van der Waals surface area contributed by atoms with Gasteiger partial charge in [-0.25, -0.2) is 0 Å². The van der Waals surface area contributed by atoms with Crippen molar-refractivity contribution in [2.75, 3.05) is 11.5 Å². The summed E-state index contributed by atoms with van der Waals surface area (Å²) < 4.78 is 0. The van der Waals surface area contributed by atoms with Crippen molar-refractivity contribution in [1.82, 2.24) is 0 Å². The number of hydrogen-bond donors (Lipinski definition) is 2. The number of hydrogen-bond acceptors (Lipinski definition) is 2. The summed E-state index contributed by atoms with van der Waals surface area (Å²) in [7, 11) is 0. The molecule has 0 amide bonds. The molecule has 0 saturated heterocycles. The second-order valence-electron chi connectivity index (χ2n) is 6.49.